The molecule has 0 radical (unpaired) electrons. The van der Waals surface area contributed by atoms with Gasteiger partial charge >= 0.3 is 5.97 Å². The predicted octanol–water partition coefficient (Wildman–Crippen LogP) is 5.22. The number of carboxylic acid groups (broad SMARTS) is 1. The van der Waals surface area contributed by atoms with Crippen molar-refractivity contribution in [2.24, 2.45) is 0 Å². The Labute approximate surface area is 160 Å². The Hall–Kier alpha value is -2.44. The lowest BCUT2D eigenvalue weighted by molar-refractivity contribution is -0.131. The highest BCUT2D eigenvalue weighted by Crippen LogP contribution is 2.32. The first-order valence-corrected chi connectivity index (χ1v) is 9.15. The highest BCUT2D eigenvalue weighted by Gasteiger charge is 2.15. The summed E-state index contributed by atoms with van der Waals surface area (Å²) in [4.78, 5) is 19.4. The number of carboxylic acids is 1. The SMILES string of the molecule is CC(C)Oc1ccc(Cl)cc1/C=C(/Sc1nc2ccccc2[nH]1)C(=O)O. The number of rotatable bonds is 6. The van der Waals surface area contributed by atoms with Crippen molar-refractivity contribution in [3.05, 3.63) is 58.0 Å². The number of aliphatic carboxylic acids is 1. The first-order chi connectivity index (χ1) is 12.4. The lowest BCUT2D eigenvalue weighted by atomic mass is 10.2. The molecule has 26 heavy (non-hydrogen) atoms. The van der Waals surface area contributed by atoms with E-state index >= 15 is 0 Å². The van der Waals surface area contributed by atoms with Crippen LogP contribution in [-0.2, 0) is 4.79 Å². The number of nitrogens with one attached hydrogen (secondary N) is 1. The van der Waals surface area contributed by atoms with Crippen LogP contribution in [0.1, 0.15) is 19.4 Å². The number of aromatic nitrogens is 2. The largest absolute Gasteiger partial charge is 0.490 e. The van der Waals surface area contributed by atoms with Crippen LogP contribution in [0.25, 0.3) is 17.1 Å². The molecule has 5 nitrogen and oxygen atoms in total. The highest BCUT2D eigenvalue weighted by molar-refractivity contribution is 8.04. The number of halogens is 1. The number of H-pyrrole nitrogens is 1. The minimum absolute atomic E-state index is 0.0420. The number of nitrogens with zero attached hydrogens (tertiary/aromatic N) is 1. The number of carbonyl (C=O) groups is 1. The van der Waals surface area contributed by atoms with E-state index in [-0.39, 0.29) is 11.0 Å². The predicted molar refractivity (Wildman–Crippen MR) is 105 cm³/mol. The average Bonchev–Trinajstić information content (AvgIpc) is 2.98. The average molecular weight is 389 g/mol. The normalized spacial score (nSPS) is 11.9. The lowest BCUT2D eigenvalue weighted by Gasteiger charge is -2.13. The van der Waals surface area contributed by atoms with Crippen LogP contribution in [0.2, 0.25) is 5.02 Å². The molecule has 2 N–H and O–H groups in total. The standard InChI is InChI=1S/C19H17ClN2O3S/c1-11(2)25-16-8-7-13(20)9-12(16)10-17(18(23)24)26-19-21-14-5-3-4-6-15(14)22-19/h3-11H,1-2H3,(H,21,22)(H,23,24)/b17-10+. The molecule has 3 rings (SSSR count). The number of fused-ring (bicyclic) bond motifs is 1. The minimum Gasteiger partial charge on any atom is -0.490 e. The third-order valence-electron chi connectivity index (χ3n) is 3.41. The number of hydrogen-bond donors (Lipinski definition) is 2. The van der Waals surface area contributed by atoms with Gasteiger partial charge in [-0.2, -0.15) is 0 Å². The van der Waals surface area contributed by atoms with E-state index in [1.54, 1.807) is 24.3 Å². The van der Waals surface area contributed by atoms with Crippen molar-refractivity contribution >= 4 is 46.4 Å². The van der Waals surface area contributed by atoms with E-state index in [1.807, 2.05) is 38.1 Å². The molecule has 0 aliphatic heterocycles. The van der Waals surface area contributed by atoms with Gasteiger partial charge in [-0.1, -0.05) is 23.7 Å². The molecule has 1 aromatic heterocycles. The number of aromatic amines is 1. The summed E-state index contributed by atoms with van der Waals surface area (Å²) in [6, 6.07) is 12.7. The molecular weight excluding hydrogens is 372 g/mol. The van der Waals surface area contributed by atoms with Crippen molar-refractivity contribution in [3.63, 3.8) is 0 Å². The molecule has 3 aromatic rings. The summed E-state index contributed by atoms with van der Waals surface area (Å²) >= 11 is 7.12. The van der Waals surface area contributed by atoms with Gasteiger partial charge in [-0.25, -0.2) is 9.78 Å². The second-order valence-electron chi connectivity index (χ2n) is 5.82. The van der Waals surface area contributed by atoms with Crippen LogP contribution in [0.15, 0.2) is 52.5 Å². The molecule has 0 aliphatic rings. The van der Waals surface area contributed by atoms with Crippen LogP contribution in [0, 0.1) is 0 Å². The first kappa shape index (κ1) is 18.4. The Bertz CT molecular complexity index is 949. The molecule has 134 valence electrons. The van der Waals surface area contributed by atoms with E-state index in [0.29, 0.717) is 21.5 Å². The maximum Gasteiger partial charge on any atom is 0.342 e. The van der Waals surface area contributed by atoms with Crippen LogP contribution in [-0.4, -0.2) is 27.1 Å². The number of benzene rings is 2. The van der Waals surface area contributed by atoms with E-state index in [0.717, 1.165) is 22.8 Å². The van der Waals surface area contributed by atoms with Gasteiger partial charge in [-0.3, -0.25) is 0 Å². The van der Waals surface area contributed by atoms with Crippen molar-refractivity contribution in [2.75, 3.05) is 0 Å². The maximum absolute atomic E-state index is 11.7. The Kier molecular flexibility index (Phi) is 5.54. The van der Waals surface area contributed by atoms with Gasteiger partial charge in [0.15, 0.2) is 5.16 Å². The van der Waals surface area contributed by atoms with Crippen LogP contribution < -0.4 is 4.74 Å². The monoisotopic (exact) mass is 388 g/mol. The molecule has 0 saturated carbocycles. The third-order valence-corrected chi connectivity index (χ3v) is 4.54. The van der Waals surface area contributed by atoms with Gasteiger partial charge in [0.1, 0.15) is 10.7 Å². The van der Waals surface area contributed by atoms with E-state index in [1.165, 1.54) is 0 Å². The van der Waals surface area contributed by atoms with Crippen molar-refractivity contribution < 1.29 is 14.6 Å². The first-order valence-electron chi connectivity index (χ1n) is 7.96. The zero-order chi connectivity index (χ0) is 18.7. The number of hydrogen-bond acceptors (Lipinski definition) is 4. The number of imidazole rings is 1. The van der Waals surface area contributed by atoms with Crippen LogP contribution in [0.3, 0.4) is 0 Å². The van der Waals surface area contributed by atoms with Gasteiger partial charge in [0, 0.05) is 10.6 Å². The Morgan fingerprint density at radius 2 is 2.08 bits per heavy atom. The Morgan fingerprint density at radius 1 is 1.31 bits per heavy atom. The van der Waals surface area contributed by atoms with E-state index in [4.69, 9.17) is 16.3 Å². The molecular formula is C19H17ClN2O3S. The third kappa shape index (κ3) is 4.39. The molecule has 0 aliphatic carbocycles. The molecule has 2 aromatic carbocycles. The van der Waals surface area contributed by atoms with Crippen LogP contribution in [0.4, 0.5) is 0 Å². The molecule has 7 heteroatoms. The van der Waals surface area contributed by atoms with E-state index < -0.39 is 5.97 Å². The van der Waals surface area contributed by atoms with Crippen molar-refractivity contribution in [2.45, 2.75) is 25.1 Å². The summed E-state index contributed by atoms with van der Waals surface area (Å²) in [5.41, 5.74) is 2.24. The van der Waals surface area contributed by atoms with Crippen molar-refractivity contribution in [1.82, 2.24) is 9.97 Å². The molecule has 0 saturated heterocycles. The summed E-state index contributed by atoms with van der Waals surface area (Å²) < 4.78 is 5.75. The Balaban J connectivity index is 1.97. The highest BCUT2D eigenvalue weighted by atomic mass is 35.5. The number of ether oxygens (including phenoxy) is 1. The van der Waals surface area contributed by atoms with Crippen LogP contribution >= 0.6 is 23.4 Å². The number of thioether (sulfide) groups is 1. The topological polar surface area (TPSA) is 75.2 Å². The van der Waals surface area contributed by atoms with Gasteiger partial charge in [0.05, 0.1) is 17.1 Å². The minimum atomic E-state index is -1.05. The fourth-order valence-corrected chi connectivity index (χ4v) is 3.32. The Morgan fingerprint density at radius 3 is 2.77 bits per heavy atom. The molecule has 1 heterocycles. The molecule has 0 atom stereocenters. The van der Waals surface area contributed by atoms with E-state index in [2.05, 4.69) is 9.97 Å². The molecule has 0 spiro atoms. The summed E-state index contributed by atoms with van der Waals surface area (Å²) in [7, 11) is 0. The van der Waals surface area contributed by atoms with Crippen molar-refractivity contribution in [1.29, 1.82) is 0 Å². The van der Waals surface area contributed by atoms with Crippen LogP contribution in [0.5, 0.6) is 5.75 Å². The fraction of sp³-hybridized carbons (Fsp3) is 0.158. The van der Waals surface area contributed by atoms with E-state index in [9.17, 15) is 9.90 Å². The van der Waals surface area contributed by atoms with Gasteiger partial charge in [0.25, 0.3) is 0 Å². The van der Waals surface area contributed by atoms with Gasteiger partial charge in [0.2, 0.25) is 0 Å². The summed E-state index contributed by atoms with van der Waals surface area (Å²) in [5.74, 6) is -0.473. The lowest BCUT2D eigenvalue weighted by Crippen LogP contribution is -2.07. The summed E-state index contributed by atoms with van der Waals surface area (Å²) in [6.07, 6.45) is 1.50. The molecule has 0 amide bonds. The quantitative estimate of drug-likeness (QED) is 0.447. The molecule has 0 unspecified atom stereocenters. The van der Waals surface area contributed by atoms with Gasteiger partial charge < -0.3 is 14.8 Å². The molecule has 0 bridgehead atoms. The zero-order valence-corrected chi connectivity index (χ0v) is 15.8. The maximum atomic E-state index is 11.7. The summed E-state index contributed by atoms with van der Waals surface area (Å²) in [6.45, 7) is 3.81. The summed E-state index contributed by atoms with van der Waals surface area (Å²) in [5, 5.41) is 10.6. The van der Waals surface area contributed by atoms with Gasteiger partial charge in [-0.05, 0) is 62.0 Å². The second-order valence-corrected chi connectivity index (χ2v) is 7.29. The fourth-order valence-electron chi connectivity index (χ4n) is 2.35. The zero-order valence-electron chi connectivity index (χ0n) is 14.2. The van der Waals surface area contributed by atoms with Crippen molar-refractivity contribution in [3.8, 4) is 5.75 Å². The molecule has 0 fully saturated rings. The number of para-hydroxylation sites is 2. The second kappa shape index (κ2) is 7.85. The smallest absolute Gasteiger partial charge is 0.342 e. The van der Waals surface area contributed by atoms with Gasteiger partial charge in [-0.15, -0.1) is 0 Å².